The van der Waals surface area contributed by atoms with Crippen LogP contribution in [-0.2, 0) is 6.42 Å². The maximum atomic E-state index is 13.4. The molecule has 0 saturated carbocycles. The molecule has 0 fully saturated rings. The fourth-order valence-electron chi connectivity index (χ4n) is 1.52. The summed E-state index contributed by atoms with van der Waals surface area (Å²) in [6.45, 7) is 1.82. The fraction of sp³-hybridized carbons (Fsp3) is 0.154. The number of ketones is 1. The molecule has 2 nitrogen and oxygen atoms in total. The molecule has 2 rings (SSSR count). The van der Waals surface area contributed by atoms with Gasteiger partial charge in [-0.1, -0.05) is 11.6 Å². The average molecular weight is 218 g/mol. The van der Waals surface area contributed by atoms with Gasteiger partial charge in [0.1, 0.15) is 11.6 Å². The molecule has 3 heteroatoms. The van der Waals surface area contributed by atoms with E-state index in [1.807, 2.05) is 6.92 Å². The van der Waals surface area contributed by atoms with E-state index in [2.05, 4.69) is 0 Å². The van der Waals surface area contributed by atoms with Crippen LogP contribution in [0.15, 0.2) is 41.0 Å². The smallest absolute Gasteiger partial charge is 0.173 e. The molecule has 0 aliphatic heterocycles. The third-order valence-corrected chi connectivity index (χ3v) is 2.34. The van der Waals surface area contributed by atoms with E-state index in [0.29, 0.717) is 5.76 Å². The Morgan fingerprint density at radius 3 is 2.88 bits per heavy atom. The van der Waals surface area contributed by atoms with Crippen molar-refractivity contribution in [1.82, 2.24) is 0 Å². The van der Waals surface area contributed by atoms with Gasteiger partial charge in [0.15, 0.2) is 5.78 Å². The second-order valence-electron chi connectivity index (χ2n) is 3.66. The summed E-state index contributed by atoms with van der Waals surface area (Å²) in [7, 11) is 0. The number of carbonyl (C=O) groups is 1. The highest BCUT2D eigenvalue weighted by Gasteiger charge is 2.13. The van der Waals surface area contributed by atoms with Crippen LogP contribution in [0.3, 0.4) is 0 Å². The lowest BCUT2D eigenvalue weighted by Gasteiger charge is -2.02. The van der Waals surface area contributed by atoms with E-state index in [1.54, 1.807) is 24.3 Å². The molecule has 0 amide bonds. The van der Waals surface area contributed by atoms with Crippen molar-refractivity contribution in [3.8, 4) is 0 Å². The Balaban J connectivity index is 2.24. The molecular formula is C13H11FO2. The molecule has 1 aromatic heterocycles. The Morgan fingerprint density at radius 1 is 1.38 bits per heavy atom. The van der Waals surface area contributed by atoms with Gasteiger partial charge in [0.05, 0.1) is 18.2 Å². The van der Waals surface area contributed by atoms with Crippen LogP contribution in [0.25, 0.3) is 0 Å². The zero-order valence-electron chi connectivity index (χ0n) is 8.87. The van der Waals surface area contributed by atoms with Gasteiger partial charge >= 0.3 is 0 Å². The normalized spacial score (nSPS) is 10.4. The summed E-state index contributed by atoms with van der Waals surface area (Å²) < 4.78 is 18.4. The highest BCUT2D eigenvalue weighted by Crippen LogP contribution is 2.13. The van der Waals surface area contributed by atoms with Gasteiger partial charge in [0.25, 0.3) is 0 Å². The van der Waals surface area contributed by atoms with Gasteiger partial charge < -0.3 is 4.42 Å². The number of furan rings is 1. The van der Waals surface area contributed by atoms with E-state index in [0.717, 1.165) is 5.56 Å². The molecule has 0 bridgehead atoms. The average Bonchev–Trinajstić information content (AvgIpc) is 2.74. The third-order valence-electron chi connectivity index (χ3n) is 2.34. The van der Waals surface area contributed by atoms with Crippen LogP contribution in [0.1, 0.15) is 21.7 Å². The number of benzene rings is 1. The van der Waals surface area contributed by atoms with Gasteiger partial charge in [-0.2, -0.15) is 0 Å². The Hall–Kier alpha value is -1.90. The van der Waals surface area contributed by atoms with Gasteiger partial charge in [0.2, 0.25) is 0 Å². The lowest BCUT2D eigenvalue weighted by atomic mass is 10.0. The molecule has 0 aliphatic rings. The van der Waals surface area contributed by atoms with E-state index in [-0.39, 0.29) is 17.8 Å². The van der Waals surface area contributed by atoms with E-state index in [1.165, 1.54) is 12.3 Å². The molecule has 0 atom stereocenters. The molecule has 1 aromatic carbocycles. The van der Waals surface area contributed by atoms with Crippen LogP contribution in [0.4, 0.5) is 4.39 Å². The minimum absolute atomic E-state index is 0.0906. The monoisotopic (exact) mass is 218 g/mol. The minimum atomic E-state index is -0.484. The molecule has 2 aromatic rings. The van der Waals surface area contributed by atoms with Crippen molar-refractivity contribution < 1.29 is 13.6 Å². The van der Waals surface area contributed by atoms with Crippen LogP contribution in [0, 0.1) is 12.7 Å². The van der Waals surface area contributed by atoms with Crippen molar-refractivity contribution >= 4 is 5.78 Å². The quantitative estimate of drug-likeness (QED) is 0.741. The number of carbonyl (C=O) groups excluding carboxylic acids is 1. The van der Waals surface area contributed by atoms with Gasteiger partial charge in [-0.25, -0.2) is 4.39 Å². The minimum Gasteiger partial charge on any atom is -0.469 e. The van der Waals surface area contributed by atoms with Crippen molar-refractivity contribution in [1.29, 1.82) is 0 Å². The highest BCUT2D eigenvalue weighted by molar-refractivity contribution is 5.97. The standard InChI is InChI=1S/C13H11FO2/c1-9-4-5-12(14)11(7-9)13(15)8-10-3-2-6-16-10/h2-7H,8H2,1H3. The van der Waals surface area contributed by atoms with Crippen molar-refractivity contribution in [2.75, 3.05) is 0 Å². The summed E-state index contributed by atoms with van der Waals surface area (Å²) in [5.41, 5.74) is 0.987. The van der Waals surface area contributed by atoms with E-state index < -0.39 is 5.82 Å². The first-order valence-electron chi connectivity index (χ1n) is 4.98. The number of hydrogen-bond acceptors (Lipinski definition) is 2. The third kappa shape index (κ3) is 2.19. The molecule has 0 N–H and O–H groups in total. The molecule has 82 valence electrons. The lowest BCUT2D eigenvalue weighted by Crippen LogP contribution is -2.05. The number of halogens is 1. The highest BCUT2D eigenvalue weighted by atomic mass is 19.1. The molecule has 1 heterocycles. The van der Waals surface area contributed by atoms with Gasteiger partial charge in [-0.15, -0.1) is 0 Å². The SMILES string of the molecule is Cc1ccc(F)c(C(=O)Cc2ccco2)c1. The van der Waals surface area contributed by atoms with E-state index >= 15 is 0 Å². The Labute approximate surface area is 92.7 Å². The number of hydrogen-bond donors (Lipinski definition) is 0. The number of rotatable bonds is 3. The van der Waals surface area contributed by atoms with Crippen LogP contribution >= 0.6 is 0 Å². The van der Waals surface area contributed by atoms with Crippen molar-refractivity contribution in [3.05, 3.63) is 59.3 Å². The summed E-state index contributed by atoms with van der Waals surface area (Å²) >= 11 is 0. The topological polar surface area (TPSA) is 30.2 Å². The first kappa shape index (κ1) is 10.6. The van der Waals surface area contributed by atoms with E-state index in [4.69, 9.17) is 4.42 Å². The van der Waals surface area contributed by atoms with Crippen LogP contribution < -0.4 is 0 Å². The zero-order valence-corrected chi connectivity index (χ0v) is 8.87. The maximum Gasteiger partial charge on any atom is 0.173 e. The molecule has 0 saturated heterocycles. The Bertz CT molecular complexity index is 501. The summed E-state index contributed by atoms with van der Waals surface area (Å²) in [5.74, 6) is -0.204. The molecular weight excluding hydrogens is 207 g/mol. The molecule has 16 heavy (non-hydrogen) atoms. The number of aryl methyl sites for hydroxylation is 1. The molecule has 0 unspecified atom stereocenters. The summed E-state index contributed by atoms with van der Waals surface area (Å²) in [6.07, 6.45) is 1.59. The molecule has 0 radical (unpaired) electrons. The van der Waals surface area contributed by atoms with Crippen LogP contribution in [-0.4, -0.2) is 5.78 Å². The maximum absolute atomic E-state index is 13.4. The predicted molar refractivity (Wildman–Crippen MR) is 57.9 cm³/mol. The second kappa shape index (κ2) is 4.31. The molecule has 0 aliphatic carbocycles. The predicted octanol–water partition coefficient (Wildman–Crippen LogP) is 3.15. The largest absolute Gasteiger partial charge is 0.469 e. The Morgan fingerprint density at radius 2 is 2.19 bits per heavy atom. The van der Waals surface area contributed by atoms with Gasteiger partial charge in [0, 0.05) is 0 Å². The van der Waals surface area contributed by atoms with Crippen molar-refractivity contribution in [2.45, 2.75) is 13.3 Å². The summed E-state index contributed by atoms with van der Waals surface area (Å²) in [5, 5.41) is 0. The number of Topliss-reactive ketones (excluding diaryl/α,β-unsaturated/α-hetero) is 1. The first-order valence-corrected chi connectivity index (χ1v) is 4.98. The zero-order chi connectivity index (χ0) is 11.5. The first-order chi connectivity index (χ1) is 7.66. The van der Waals surface area contributed by atoms with Gasteiger partial charge in [-0.05, 0) is 31.2 Å². The molecule has 0 spiro atoms. The van der Waals surface area contributed by atoms with Gasteiger partial charge in [-0.3, -0.25) is 4.79 Å². The van der Waals surface area contributed by atoms with Crippen LogP contribution in [0.5, 0.6) is 0 Å². The van der Waals surface area contributed by atoms with Crippen LogP contribution in [0.2, 0.25) is 0 Å². The summed E-state index contributed by atoms with van der Waals surface area (Å²) in [6, 6.07) is 7.91. The fourth-order valence-corrected chi connectivity index (χ4v) is 1.52. The second-order valence-corrected chi connectivity index (χ2v) is 3.66. The summed E-state index contributed by atoms with van der Waals surface area (Å²) in [4.78, 5) is 11.8. The van der Waals surface area contributed by atoms with Crippen molar-refractivity contribution in [2.24, 2.45) is 0 Å². The lowest BCUT2D eigenvalue weighted by molar-refractivity contribution is 0.0983. The van der Waals surface area contributed by atoms with E-state index in [9.17, 15) is 9.18 Å². The van der Waals surface area contributed by atoms with Crippen molar-refractivity contribution in [3.63, 3.8) is 0 Å². The Kier molecular flexibility index (Phi) is 2.86.